The molecule has 1 aliphatic carbocycles. The van der Waals surface area contributed by atoms with Gasteiger partial charge in [-0.3, -0.25) is 9.59 Å². The number of rotatable bonds is 9. The number of thiophene rings is 1. The third-order valence-corrected chi connectivity index (χ3v) is 7.38. The highest BCUT2D eigenvalue weighted by Gasteiger charge is 2.21. The molecule has 2 aromatic heterocycles. The summed E-state index contributed by atoms with van der Waals surface area (Å²) in [5.74, 6) is 2.97. The third-order valence-electron chi connectivity index (χ3n) is 5.27. The lowest BCUT2D eigenvalue weighted by Crippen LogP contribution is -2.32. The SMILES string of the molecule is COc1ccc(OCCN(C)C(=O)CSCc2nc3sc4c(c3c(=O)[nH]2)CCC4)cc1. The van der Waals surface area contributed by atoms with Crippen LogP contribution < -0.4 is 15.0 Å². The first kappa shape index (κ1) is 21.7. The smallest absolute Gasteiger partial charge is 0.259 e. The summed E-state index contributed by atoms with van der Waals surface area (Å²) in [5.41, 5.74) is 1.13. The van der Waals surface area contributed by atoms with E-state index in [9.17, 15) is 9.59 Å². The van der Waals surface area contributed by atoms with E-state index in [4.69, 9.17) is 9.47 Å². The predicted octanol–water partition coefficient (Wildman–Crippen LogP) is 3.25. The summed E-state index contributed by atoms with van der Waals surface area (Å²) in [7, 11) is 3.38. The minimum Gasteiger partial charge on any atom is -0.497 e. The predicted molar refractivity (Wildman–Crippen MR) is 125 cm³/mol. The standard InChI is InChI=1S/C22H25N3O4S2/c1-25(10-11-29-15-8-6-14(28-2)7-9-15)19(26)13-30-12-18-23-21(27)20-16-4-3-5-17(16)31-22(20)24-18/h6-9H,3-5,10-13H2,1-2H3,(H,23,24,27). The molecular formula is C22H25N3O4S2. The molecule has 0 unspecified atom stereocenters. The summed E-state index contributed by atoms with van der Waals surface area (Å²) in [5, 5.41) is 0.763. The highest BCUT2D eigenvalue weighted by atomic mass is 32.2. The lowest BCUT2D eigenvalue weighted by molar-refractivity contribution is -0.127. The van der Waals surface area contributed by atoms with E-state index in [0.717, 1.165) is 41.0 Å². The van der Waals surface area contributed by atoms with Crippen molar-refractivity contribution in [2.45, 2.75) is 25.0 Å². The summed E-state index contributed by atoms with van der Waals surface area (Å²) in [4.78, 5) is 36.2. The lowest BCUT2D eigenvalue weighted by Gasteiger charge is -2.17. The van der Waals surface area contributed by atoms with Crippen molar-refractivity contribution in [1.82, 2.24) is 14.9 Å². The van der Waals surface area contributed by atoms with E-state index in [-0.39, 0.29) is 11.5 Å². The van der Waals surface area contributed by atoms with Gasteiger partial charge in [-0.05, 0) is 49.1 Å². The van der Waals surface area contributed by atoms with Gasteiger partial charge in [-0.1, -0.05) is 0 Å². The third kappa shape index (κ3) is 5.04. The minimum atomic E-state index is -0.0564. The summed E-state index contributed by atoms with van der Waals surface area (Å²) < 4.78 is 10.8. The van der Waals surface area contributed by atoms with Crippen LogP contribution in [-0.2, 0) is 23.4 Å². The molecule has 164 valence electrons. The largest absolute Gasteiger partial charge is 0.497 e. The molecule has 3 aromatic rings. The highest BCUT2D eigenvalue weighted by molar-refractivity contribution is 7.99. The summed E-state index contributed by atoms with van der Waals surface area (Å²) in [6.45, 7) is 0.904. The van der Waals surface area contributed by atoms with Gasteiger partial charge < -0.3 is 19.4 Å². The van der Waals surface area contributed by atoms with Crippen molar-refractivity contribution in [3.05, 3.63) is 50.9 Å². The molecule has 1 N–H and O–H groups in total. The lowest BCUT2D eigenvalue weighted by atomic mass is 10.2. The van der Waals surface area contributed by atoms with E-state index in [1.54, 1.807) is 30.4 Å². The van der Waals surface area contributed by atoms with Crippen LogP contribution in [0.4, 0.5) is 0 Å². The first-order valence-corrected chi connectivity index (χ1v) is 12.1. The molecule has 0 spiro atoms. The first-order chi connectivity index (χ1) is 15.0. The fourth-order valence-corrected chi connectivity index (χ4v) is 5.67. The van der Waals surface area contributed by atoms with E-state index in [0.29, 0.717) is 30.5 Å². The van der Waals surface area contributed by atoms with E-state index < -0.39 is 0 Å². The number of carbonyl (C=O) groups excluding carboxylic acids is 1. The number of benzene rings is 1. The van der Waals surface area contributed by atoms with Crippen LogP contribution in [0.15, 0.2) is 29.1 Å². The van der Waals surface area contributed by atoms with Crippen LogP contribution in [0.1, 0.15) is 22.7 Å². The molecule has 2 heterocycles. The molecule has 1 aromatic carbocycles. The topological polar surface area (TPSA) is 84.5 Å². The van der Waals surface area contributed by atoms with Crippen LogP contribution >= 0.6 is 23.1 Å². The second-order valence-electron chi connectivity index (χ2n) is 7.38. The van der Waals surface area contributed by atoms with E-state index in [1.807, 2.05) is 24.3 Å². The van der Waals surface area contributed by atoms with E-state index in [2.05, 4.69) is 9.97 Å². The van der Waals surface area contributed by atoms with Crippen molar-refractivity contribution in [2.24, 2.45) is 0 Å². The Bertz CT molecular complexity index is 1120. The molecule has 1 aliphatic rings. The quantitative estimate of drug-likeness (QED) is 0.529. The number of hydrogen-bond donors (Lipinski definition) is 1. The average Bonchev–Trinajstić information content (AvgIpc) is 3.35. The molecule has 7 nitrogen and oxygen atoms in total. The number of fused-ring (bicyclic) bond motifs is 3. The van der Waals surface area contributed by atoms with Crippen LogP contribution in [0, 0.1) is 0 Å². The monoisotopic (exact) mass is 459 g/mol. The molecule has 0 atom stereocenters. The number of aromatic amines is 1. The fraction of sp³-hybridized carbons (Fsp3) is 0.409. The number of aryl methyl sites for hydroxylation is 2. The maximum atomic E-state index is 12.5. The van der Waals surface area contributed by atoms with Gasteiger partial charge in [-0.25, -0.2) is 4.98 Å². The van der Waals surface area contributed by atoms with Gasteiger partial charge in [0.05, 0.1) is 30.5 Å². The number of aromatic nitrogens is 2. The maximum Gasteiger partial charge on any atom is 0.259 e. The molecule has 31 heavy (non-hydrogen) atoms. The van der Waals surface area contributed by atoms with Gasteiger partial charge in [-0.15, -0.1) is 23.1 Å². The molecule has 0 saturated carbocycles. The Labute approximate surface area is 188 Å². The number of amides is 1. The van der Waals surface area contributed by atoms with Gasteiger partial charge in [0.1, 0.15) is 28.8 Å². The summed E-state index contributed by atoms with van der Waals surface area (Å²) >= 11 is 3.08. The number of H-pyrrole nitrogens is 1. The Balaban J connectivity index is 1.23. The number of ether oxygens (including phenoxy) is 2. The summed E-state index contributed by atoms with van der Waals surface area (Å²) in [6, 6.07) is 7.34. The van der Waals surface area contributed by atoms with Gasteiger partial charge in [0.2, 0.25) is 5.91 Å². The van der Waals surface area contributed by atoms with Gasteiger partial charge in [0, 0.05) is 11.9 Å². The molecule has 1 amide bonds. The molecule has 0 saturated heterocycles. The zero-order chi connectivity index (χ0) is 21.8. The minimum absolute atomic E-state index is 0.0156. The molecule has 0 fully saturated rings. The Morgan fingerprint density at radius 1 is 1.26 bits per heavy atom. The number of methoxy groups -OCH3 is 1. The number of likely N-dealkylation sites (N-methyl/N-ethyl adjacent to an activating group) is 1. The van der Waals surface area contributed by atoms with Crippen molar-refractivity contribution < 1.29 is 14.3 Å². The first-order valence-electron chi connectivity index (χ1n) is 10.2. The van der Waals surface area contributed by atoms with Crippen molar-refractivity contribution in [1.29, 1.82) is 0 Å². The molecular weight excluding hydrogens is 434 g/mol. The molecule has 4 rings (SSSR count). The van der Waals surface area contributed by atoms with Gasteiger partial charge in [0.25, 0.3) is 5.56 Å². The van der Waals surface area contributed by atoms with Crippen LogP contribution in [0.3, 0.4) is 0 Å². The second-order valence-corrected chi connectivity index (χ2v) is 9.45. The highest BCUT2D eigenvalue weighted by Crippen LogP contribution is 2.34. The van der Waals surface area contributed by atoms with Gasteiger partial charge >= 0.3 is 0 Å². The molecule has 0 bridgehead atoms. The number of nitrogens with zero attached hydrogens (tertiary/aromatic N) is 2. The number of thioether (sulfide) groups is 1. The van der Waals surface area contributed by atoms with Crippen LogP contribution in [0.5, 0.6) is 11.5 Å². The Hall–Kier alpha value is -2.52. The average molecular weight is 460 g/mol. The van der Waals surface area contributed by atoms with Crippen LogP contribution in [0.25, 0.3) is 10.2 Å². The Morgan fingerprint density at radius 2 is 2.03 bits per heavy atom. The van der Waals surface area contributed by atoms with Crippen LogP contribution in [0.2, 0.25) is 0 Å². The van der Waals surface area contributed by atoms with Crippen LogP contribution in [-0.4, -0.2) is 53.8 Å². The molecule has 9 heteroatoms. The number of carbonyl (C=O) groups is 1. The van der Waals surface area contributed by atoms with E-state index >= 15 is 0 Å². The van der Waals surface area contributed by atoms with Gasteiger partial charge in [-0.2, -0.15) is 0 Å². The Morgan fingerprint density at radius 3 is 2.81 bits per heavy atom. The summed E-state index contributed by atoms with van der Waals surface area (Å²) in [6.07, 6.45) is 3.13. The number of hydrogen-bond acceptors (Lipinski definition) is 7. The van der Waals surface area contributed by atoms with Crippen molar-refractivity contribution in [3.63, 3.8) is 0 Å². The zero-order valence-electron chi connectivity index (χ0n) is 17.6. The number of nitrogens with one attached hydrogen (secondary N) is 1. The van der Waals surface area contributed by atoms with Crippen molar-refractivity contribution in [2.75, 3.05) is 33.1 Å². The normalized spacial score (nSPS) is 12.7. The van der Waals surface area contributed by atoms with E-state index in [1.165, 1.54) is 22.2 Å². The van der Waals surface area contributed by atoms with Crippen molar-refractivity contribution in [3.8, 4) is 11.5 Å². The second kappa shape index (κ2) is 9.74. The van der Waals surface area contributed by atoms with Gasteiger partial charge in [0.15, 0.2) is 0 Å². The Kier molecular flexibility index (Phi) is 6.82. The maximum absolute atomic E-state index is 12.5. The fourth-order valence-electron chi connectivity index (χ4n) is 3.56. The molecule has 0 aliphatic heterocycles. The molecule has 0 radical (unpaired) electrons. The van der Waals surface area contributed by atoms with Crippen molar-refractivity contribution >= 4 is 39.2 Å². The zero-order valence-corrected chi connectivity index (χ0v) is 19.2.